The second-order valence-electron chi connectivity index (χ2n) is 5.15. The van der Waals surface area contributed by atoms with Crippen LogP contribution in [0, 0.1) is 0 Å². The van der Waals surface area contributed by atoms with E-state index >= 15 is 0 Å². The van der Waals surface area contributed by atoms with E-state index in [1.165, 1.54) is 16.2 Å². The van der Waals surface area contributed by atoms with Gasteiger partial charge in [0.05, 0.1) is 5.69 Å². The Hall–Kier alpha value is -1.26. The van der Waals surface area contributed by atoms with Crippen molar-refractivity contribution in [1.82, 2.24) is 15.1 Å². The van der Waals surface area contributed by atoms with E-state index in [2.05, 4.69) is 54.6 Å². The van der Waals surface area contributed by atoms with E-state index in [1.807, 2.05) is 30.5 Å². The Bertz CT molecular complexity index is 560. The fraction of sp³-hybridized carbons (Fsp3) is 0.471. The number of hydrogen-bond donors (Lipinski definition) is 1. The van der Waals surface area contributed by atoms with E-state index in [1.54, 1.807) is 0 Å². The molecule has 0 aliphatic heterocycles. The van der Waals surface area contributed by atoms with E-state index in [9.17, 15) is 0 Å². The van der Waals surface area contributed by atoms with Crippen molar-refractivity contribution >= 4 is 11.8 Å². The van der Waals surface area contributed by atoms with E-state index in [0.29, 0.717) is 6.04 Å². The molecule has 0 aliphatic rings. The van der Waals surface area contributed by atoms with Crippen LogP contribution in [0.5, 0.6) is 0 Å². The van der Waals surface area contributed by atoms with Crippen LogP contribution in [0.15, 0.2) is 35.2 Å². The van der Waals surface area contributed by atoms with Crippen molar-refractivity contribution in [2.75, 3.05) is 12.8 Å². The smallest absolute Gasteiger partial charge is 0.0624 e. The summed E-state index contributed by atoms with van der Waals surface area (Å²) in [5.74, 6) is 1.11. The molecule has 1 atom stereocenters. The number of aromatic nitrogens is 2. The van der Waals surface area contributed by atoms with Crippen LogP contribution in [0.1, 0.15) is 36.8 Å². The highest BCUT2D eigenvalue weighted by molar-refractivity contribution is 7.99. The summed E-state index contributed by atoms with van der Waals surface area (Å²) in [6.07, 6.45) is 1.95. The van der Waals surface area contributed by atoms with E-state index in [4.69, 9.17) is 0 Å². The van der Waals surface area contributed by atoms with Crippen LogP contribution in [-0.4, -0.2) is 22.6 Å². The van der Waals surface area contributed by atoms with Gasteiger partial charge in [-0.05, 0) is 43.0 Å². The minimum atomic E-state index is 0.325. The van der Waals surface area contributed by atoms with Crippen molar-refractivity contribution in [3.05, 3.63) is 47.3 Å². The van der Waals surface area contributed by atoms with Gasteiger partial charge in [0, 0.05) is 30.1 Å². The van der Waals surface area contributed by atoms with E-state index in [0.717, 1.165) is 24.3 Å². The Morgan fingerprint density at radius 2 is 1.95 bits per heavy atom. The molecular weight excluding hydrogens is 278 g/mol. The molecule has 0 fully saturated rings. The van der Waals surface area contributed by atoms with Crippen molar-refractivity contribution in [2.45, 2.75) is 37.6 Å². The van der Waals surface area contributed by atoms with Crippen molar-refractivity contribution in [1.29, 1.82) is 0 Å². The second-order valence-corrected chi connectivity index (χ2v) is 6.49. The van der Waals surface area contributed by atoms with Crippen molar-refractivity contribution in [2.24, 2.45) is 7.05 Å². The summed E-state index contributed by atoms with van der Waals surface area (Å²) in [4.78, 5) is 1.34. The molecule has 1 aromatic carbocycles. The molecule has 0 amide bonds. The zero-order valence-electron chi connectivity index (χ0n) is 13.4. The molecule has 0 spiro atoms. The Labute approximate surface area is 132 Å². The number of aryl methyl sites for hydroxylation is 2. The molecule has 1 heterocycles. The molecule has 21 heavy (non-hydrogen) atoms. The fourth-order valence-electron chi connectivity index (χ4n) is 2.49. The van der Waals surface area contributed by atoms with Crippen molar-refractivity contribution in [3.8, 4) is 0 Å². The third-order valence-corrected chi connectivity index (χ3v) is 4.64. The minimum absolute atomic E-state index is 0.325. The molecule has 0 saturated heterocycles. The number of hydrogen-bond acceptors (Lipinski definition) is 3. The predicted octanol–water partition coefficient (Wildman–Crippen LogP) is 3.60. The van der Waals surface area contributed by atoms with Gasteiger partial charge in [-0.15, -0.1) is 11.8 Å². The third kappa shape index (κ3) is 4.11. The number of nitrogens with zero attached hydrogens (tertiary/aromatic N) is 2. The molecule has 0 radical (unpaired) electrons. The van der Waals surface area contributed by atoms with Crippen molar-refractivity contribution in [3.63, 3.8) is 0 Å². The zero-order chi connectivity index (χ0) is 15.2. The summed E-state index contributed by atoms with van der Waals surface area (Å²) in [5, 5.41) is 7.96. The molecule has 0 aliphatic carbocycles. The molecular formula is C17H25N3S. The largest absolute Gasteiger partial charge is 0.313 e. The van der Waals surface area contributed by atoms with Crippen LogP contribution >= 0.6 is 11.8 Å². The van der Waals surface area contributed by atoms with Crippen molar-refractivity contribution < 1.29 is 0 Å². The Morgan fingerprint density at radius 1 is 1.24 bits per heavy atom. The molecule has 2 aromatic rings. The minimum Gasteiger partial charge on any atom is -0.313 e. The molecule has 0 saturated carbocycles. The lowest BCUT2D eigenvalue weighted by atomic mass is 10.0. The van der Waals surface area contributed by atoms with Gasteiger partial charge in [-0.25, -0.2) is 0 Å². The SMILES string of the molecule is CCSc1ccc(C(Cc2cc(CC)nn2C)NC)cc1. The van der Waals surface area contributed by atoms with Crippen LogP contribution in [0.2, 0.25) is 0 Å². The van der Waals surface area contributed by atoms with Gasteiger partial charge < -0.3 is 5.32 Å². The van der Waals surface area contributed by atoms with Gasteiger partial charge >= 0.3 is 0 Å². The monoisotopic (exact) mass is 303 g/mol. The summed E-state index contributed by atoms with van der Waals surface area (Å²) in [6, 6.07) is 11.4. The van der Waals surface area contributed by atoms with Gasteiger partial charge in [0.15, 0.2) is 0 Å². The number of thioether (sulfide) groups is 1. The number of rotatable bonds is 7. The number of benzene rings is 1. The lowest BCUT2D eigenvalue weighted by Crippen LogP contribution is -2.20. The summed E-state index contributed by atoms with van der Waals surface area (Å²) in [7, 11) is 4.05. The summed E-state index contributed by atoms with van der Waals surface area (Å²) in [5.41, 5.74) is 3.77. The van der Waals surface area contributed by atoms with E-state index in [-0.39, 0.29) is 0 Å². The molecule has 0 bridgehead atoms. The first-order chi connectivity index (χ1) is 10.2. The van der Waals surface area contributed by atoms with Gasteiger partial charge in [0.1, 0.15) is 0 Å². The Morgan fingerprint density at radius 3 is 2.48 bits per heavy atom. The summed E-state index contributed by atoms with van der Waals surface area (Å²) < 4.78 is 2.00. The first kappa shape index (κ1) is 16.1. The molecule has 3 nitrogen and oxygen atoms in total. The second kappa shape index (κ2) is 7.66. The quantitative estimate of drug-likeness (QED) is 0.793. The van der Waals surface area contributed by atoms with Gasteiger partial charge in [-0.1, -0.05) is 26.0 Å². The maximum Gasteiger partial charge on any atom is 0.0624 e. The normalized spacial score (nSPS) is 12.6. The summed E-state index contributed by atoms with van der Waals surface area (Å²) in [6.45, 7) is 4.33. The van der Waals surface area contributed by atoms with Crippen LogP contribution in [0.25, 0.3) is 0 Å². The zero-order valence-corrected chi connectivity index (χ0v) is 14.2. The maximum atomic E-state index is 4.53. The fourth-order valence-corrected chi connectivity index (χ4v) is 3.16. The first-order valence-electron chi connectivity index (χ1n) is 7.59. The topological polar surface area (TPSA) is 29.9 Å². The highest BCUT2D eigenvalue weighted by atomic mass is 32.2. The van der Waals surface area contributed by atoms with Crippen LogP contribution in [-0.2, 0) is 19.9 Å². The maximum absolute atomic E-state index is 4.53. The van der Waals surface area contributed by atoms with E-state index < -0.39 is 0 Å². The molecule has 1 unspecified atom stereocenters. The average Bonchev–Trinajstić information content (AvgIpc) is 2.86. The van der Waals surface area contributed by atoms with Crippen LogP contribution < -0.4 is 5.32 Å². The lowest BCUT2D eigenvalue weighted by molar-refractivity contribution is 0.561. The molecule has 114 valence electrons. The number of nitrogens with one attached hydrogen (secondary N) is 1. The predicted molar refractivity (Wildman–Crippen MR) is 90.9 cm³/mol. The van der Waals surface area contributed by atoms with Gasteiger partial charge in [-0.2, -0.15) is 5.10 Å². The van der Waals surface area contributed by atoms with Gasteiger partial charge in [0.2, 0.25) is 0 Å². The van der Waals surface area contributed by atoms with Gasteiger partial charge in [0.25, 0.3) is 0 Å². The third-order valence-electron chi connectivity index (χ3n) is 3.74. The molecule has 2 rings (SSSR count). The molecule has 1 N–H and O–H groups in total. The number of likely N-dealkylation sites (N-methyl/N-ethyl adjacent to an activating group) is 1. The van der Waals surface area contributed by atoms with Crippen LogP contribution in [0.4, 0.5) is 0 Å². The first-order valence-corrected chi connectivity index (χ1v) is 8.58. The Balaban J connectivity index is 2.13. The molecule has 1 aromatic heterocycles. The summed E-state index contributed by atoms with van der Waals surface area (Å²) >= 11 is 1.88. The highest BCUT2D eigenvalue weighted by Gasteiger charge is 2.13. The standard InChI is InChI=1S/C17H25N3S/c1-5-14-11-15(20(4)19-14)12-17(18-3)13-7-9-16(10-8-13)21-6-2/h7-11,17-18H,5-6,12H2,1-4H3. The highest BCUT2D eigenvalue weighted by Crippen LogP contribution is 2.23. The molecule has 4 heteroatoms. The van der Waals surface area contributed by atoms with Gasteiger partial charge in [-0.3, -0.25) is 4.68 Å². The van der Waals surface area contributed by atoms with Crippen LogP contribution in [0.3, 0.4) is 0 Å². The lowest BCUT2D eigenvalue weighted by Gasteiger charge is -2.17. The Kier molecular flexibility index (Phi) is 5.88. The average molecular weight is 303 g/mol.